The SMILES string of the molecule is Fc1ccc(-c2nc(-c3ccc(-c4ccc(OC5COC6CCOC65)nc4)nc3)n[nH]2)cc1F. The molecule has 1 aromatic carbocycles. The maximum Gasteiger partial charge on any atom is 0.213 e. The molecule has 2 saturated heterocycles. The van der Waals surface area contributed by atoms with Crippen molar-refractivity contribution >= 4 is 0 Å². The predicted octanol–water partition coefficient (Wildman–Crippen LogP) is 3.81. The number of halogens is 2. The molecule has 5 heterocycles. The highest BCUT2D eigenvalue weighted by atomic mass is 19.2. The molecule has 3 aromatic heterocycles. The zero-order valence-corrected chi connectivity index (χ0v) is 17.8. The molecule has 0 bridgehead atoms. The van der Waals surface area contributed by atoms with Gasteiger partial charge in [0, 0.05) is 41.8 Å². The average Bonchev–Trinajstić information content (AvgIpc) is 3.61. The van der Waals surface area contributed by atoms with Gasteiger partial charge in [-0.05, 0) is 42.8 Å². The fourth-order valence-corrected chi connectivity index (χ4v) is 4.15. The fourth-order valence-electron chi connectivity index (χ4n) is 4.15. The van der Waals surface area contributed by atoms with Gasteiger partial charge in [0.25, 0.3) is 0 Å². The number of nitrogens with zero attached hydrogens (tertiary/aromatic N) is 4. The standard InChI is InChI=1S/C24H19F2N5O3/c25-16-4-1-13(9-17(16)26)23-29-24(31-30-23)15-2-5-18(27-11-15)14-3-6-21(28-10-14)34-20-12-33-19-7-8-32-22(19)20/h1-6,9-11,19-20,22H,7-8,12H2,(H,29,30,31). The lowest BCUT2D eigenvalue weighted by molar-refractivity contribution is 0.0289. The molecule has 2 fully saturated rings. The van der Waals surface area contributed by atoms with Crippen LogP contribution in [-0.2, 0) is 9.47 Å². The van der Waals surface area contributed by atoms with Crippen molar-refractivity contribution in [2.24, 2.45) is 0 Å². The van der Waals surface area contributed by atoms with Gasteiger partial charge in [0.15, 0.2) is 29.4 Å². The van der Waals surface area contributed by atoms with Crippen LogP contribution < -0.4 is 4.74 Å². The summed E-state index contributed by atoms with van der Waals surface area (Å²) in [6, 6.07) is 10.9. The molecule has 0 saturated carbocycles. The van der Waals surface area contributed by atoms with Gasteiger partial charge in [-0.15, -0.1) is 0 Å². The van der Waals surface area contributed by atoms with Crippen LogP contribution in [0.2, 0.25) is 0 Å². The molecule has 8 nitrogen and oxygen atoms in total. The molecule has 172 valence electrons. The first-order valence-corrected chi connectivity index (χ1v) is 10.8. The lowest BCUT2D eigenvalue weighted by atomic mass is 10.1. The van der Waals surface area contributed by atoms with Gasteiger partial charge in [-0.25, -0.2) is 18.7 Å². The van der Waals surface area contributed by atoms with Crippen LogP contribution in [0.4, 0.5) is 8.78 Å². The second kappa shape index (κ2) is 8.54. The maximum atomic E-state index is 13.5. The second-order valence-corrected chi connectivity index (χ2v) is 8.11. The van der Waals surface area contributed by atoms with E-state index in [9.17, 15) is 8.78 Å². The summed E-state index contributed by atoms with van der Waals surface area (Å²) in [6.45, 7) is 1.20. The van der Waals surface area contributed by atoms with E-state index in [2.05, 4.69) is 25.1 Å². The van der Waals surface area contributed by atoms with Crippen molar-refractivity contribution < 1.29 is 23.0 Å². The molecule has 3 unspecified atom stereocenters. The van der Waals surface area contributed by atoms with Gasteiger partial charge in [-0.3, -0.25) is 10.1 Å². The Labute approximate surface area is 193 Å². The smallest absolute Gasteiger partial charge is 0.213 e. The van der Waals surface area contributed by atoms with Crippen molar-refractivity contribution in [3.05, 3.63) is 66.5 Å². The van der Waals surface area contributed by atoms with E-state index in [-0.39, 0.29) is 18.3 Å². The first-order chi connectivity index (χ1) is 16.6. The van der Waals surface area contributed by atoms with Gasteiger partial charge in [0.2, 0.25) is 5.88 Å². The quantitative estimate of drug-likeness (QED) is 0.481. The van der Waals surface area contributed by atoms with Gasteiger partial charge in [-0.2, -0.15) is 5.10 Å². The average molecular weight is 463 g/mol. The van der Waals surface area contributed by atoms with E-state index in [0.29, 0.717) is 41.9 Å². The number of aromatic amines is 1. The van der Waals surface area contributed by atoms with Crippen LogP contribution in [-0.4, -0.2) is 56.7 Å². The number of fused-ring (bicyclic) bond motifs is 1. The summed E-state index contributed by atoms with van der Waals surface area (Å²) in [7, 11) is 0. The van der Waals surface area contributed by atoms with E-state index in [1.165, 1.54) is 6.07 Å². The largest absolute Gasteiger partial charge is 0.469 e. The van der Waals surface area contributed by atoms with E-state index in [0.717, 1.165) is 29.8 Å². The third-order valence-corrected chi connectivity index (χ3v) is 5.92. The molecule has 0 amide bonds. The lowest BCUT2D eigenvalue weighted by Gasteiger charge is -2.17. The Kier molecular flexibility index (Phi) is 5.23. The first kappa shape index (κ1) is 20.8. The maximum absolute atomic E-state index is 13.5. The van der Waals surface area contributed by atoms with Crippen LogP contribution in [0.3, 0.4) is 0 Å². The van der Waals surface area contributed by atoms with Crippen LogP contribution >= 0.6 is 0 Å². The Bertz CT molecular complexity index is 1310. The molecule has 3 atom stereocenters. The topological polar surface area (TPSA) is 95.0 Å². The Morgan fingerprint density at radius 1 is 0.912 bits per heavy atom. The van der Waals surface area contributed by atoms with Gasteiger partial charge in [0.05, 0.1) is 18.4 Å². The molecule has 0 spiro atoms. The Hall–Kier alpha value is -3.76. The van der Waals surface area contributed by atoms with Crippen LogP contribution in [0.15, 0.2) is 54.9 Å². The Morgan fingerprint density at radius 2 is 1.76 bits per heavy atom. The third kappa shape index (κ3) is 3.91. The normalized spacial score (nSPS) is 21.5. The summed E-state index contributed by atoms with van der Waals surface area (Å²) < 4.78 is 44.1. The van der Waals surface area contributed by atoms with Crippen molar-refractivity contribution in [3.8, 4) is 39.9 Å². The molecule has 0 aliphatic carbocycles. The summed E-state index contributed by atoms with van der Waals surface area (Å²) in [4.78, 5) is 13.3. The molecular weight excluding hydrogens is 444 g/mol. The highest BCUT2D eigenvalue weighted by Gasteiger charge is 2.43. The molecular formula is C24H19F2N5O3. The van der Waals surface area contributed by atoms with Gasteiger partial charge >= 0.3 is 0 Å². The van der Waals surface area contributed by atoms with Crippen LogP contribution in [0.5, 0.6) is 5.88 Å². The highest BCUT2D eigenvalue weighted by molar-refractivity contribution is 5.64. The predicted molar refractivity (Wildman–Crippen MR) is 117 cm³/mol. The van der Waals surface area contributed by atoms with E-state index >= 15 is 0 Å². The van der Waals surface area contributed by atoms with Crippen molar-refractivity contribution in [1.29, 1.82) is 0 Å². The van der Waals surface area contributed by atoms with Crippen LogP contribution in [0, 0.1) is 11.6 Å². The van der Waals surface area contributed by atoms with E-state index in [4.69, 9.17) is 14.2 Å². The summed E-state index contributed by atoms with van der Waals surface area (Å²) in [6.07, 6.45) is 4.18. The second-order valence-electron chi connectivity index (χ2n) is 8.11. The minimum Gasteiger partial charge on any atom is -0.469 e. The first-order valence-electron chi connectivity index (χ1n) is 10.8. The van der Waals surface area contributed by atoms with Crippen LogP contribution in [0.25, 0.3) is 34.0 Å². The minimum atomic E-state index is -0.945. The van der Waals surface area contributed by atoms with Crippen molar-refractivity contribution in [3.63, 3.8) is 0 Å². The summed E-state index contributed by atoms with van der Waals surface area (Å²) in [5.41, 5.74) is 2.63. The number of H-pyrrole nitrogens is 1. The molecule has 1 N–H and O–H groups in total. The number of hydrogen-bond acceptors (Lipinski definition) is 7. The molecule has 6 rings (SSSR count). The number of nitrogens with one attached hydrogen (secondary N) is 1. The molecule has 10 heteroatoms. The molecule has 2 aliphatic rings. The van der Waals surface area contributed by atoms with Crippen molar-refractivity contribution in [2.45, 2.75) is 24.7 Å². The van der Waals surface area contributed by atoms with E-state index in [1.807, 2.05) is 18.2 Å². The number of ether oxygens (including phenoxy) is 3. The molecule has 4 aromatic rings. The van der Waals surface area contributed by atoms with E-state index < -0.39 is 11.6 Å². The van der Waals surface area contributed by atoms with Crippen molar-refractivity contribution in [2.75, 3.05) is 13.2 Å². The monoisotopic (exact) mass is 463 g/mol. The zero-order chi connectivity index (χ0) is 23.1. The van der Waals surface area contributed by atoms with Gasteiger partial charge in [0.1, 0.15) is 6.10 Å². The van der Waals surface area contributed by atoms with Gasteiger partial charge < -0.3 is 14.2 Å². The molecule has 0 radical (unpaired) electrons. The lowest BCUT2D eigenvalue weighted by Crippen LogP contribution is -2.32. The highest BCUT2D eigenvalue weighted by Crippen LogP contribution is 2.30. The molecule has 34 heavy (non-hydrogen) atoms. The van der Waals surface area contributed by atoms with E-state index in [1.54, 1.807) is 18.5 Å². The van der Waals surface area contributed by atoms with Crippen LogP contribution in [0.1, 0.15) is 6.42 Å². The van der Waals surface area contributed by atoms with Gasteiger partial charge in [-0.1, -0.05) is 0 Å². The summed E-state index contributed by atoms with van der Waals surface area (Å²) in [5, 5.41) is 6.90. The summed E-state index contributed by atoms with van der Waals surface area (Å²) >= 11 is 0. The minimum absolute atomic E-state index is 0.0334. The number of hydrogen-bond donors (Lipinski definition) is 1. The number of aromatic nitrogens is 5. The number of rotatable bonds is 5. The third-order valence-electron chi connectivity index (χ3n) is 5.92. The number of benzene rings is 1. The fraction of sp³-hybridized carbons (Fsp3) is 0.250. The number of pyridine rings is 2. The van der Waals surface area contributed by atoms with Crippen molar-refractivity contribution in [1.82, 2.24) is 25.1 Å². The summed E-state index contributed by atoms with van der Waals surface area (Å²) in [5.74, 6) is -0.622. The molecule has 2 aliphatic heterocycles. The zero-order valence-electron chi connectivity index (χ0n) is 17.8. The Balaban J connectivity index is 1.15. The Morgan fingerprint density at radius 3 is 2.56 bits per heavy atom.